The molecule has 6 rings (SSSR count). The fourth-order valence-corrected chi connectivity index (χ4v) is 5.19. The van der Waals surface area contributed by atoms with Crippen LogP contribution in [0.1, 0.15) is 35.2 Å². The third-order valence-electron chi connectivity index (χ3n) is 7.02. The third kappa shape index (κ3) is 3.46. The average molecular weight is 431 g/mol. The van der Waals surface area contributed by atoms with Crippen LogP contribution in [0.25, 0.3) is 17.7 Å². The van der Waals surface area contributed by atoms with Gasteiger partial charge in [0.05, 0.1) is 6.54 Å². The number of hydrogen-bond donors (Lipinski definition) is 4. The van der Waals surface area contributed by atoms with Crippen LogP contribution in [0.3, 0.4) is 0 Å². The highest BCUT2D eigenvalue weighted by atomic mass is 16.2. The van der Waals surface area contributed by atoms with Crippen molar-refractivity contribution >= 4 is 35.1 Å². The highest BCUT2D eigenvalue weighted by molar-refractivity contribution is 6.01. The minimum atomic E-state index is 0.125. The Morgan fingerprint density at radius 2 is 1.62 bits per heavy atom. The zero-order valence-electron chi connectivity index (χ0n) is 18.3. The van der Waals surface area contributed by atoms with Crippen LogP contribution in [0.4, 0.5) is 11.5 Å². The molecule has 4 N–H and O–H groups in total. The Bertz CT molecular complexity index is 1080. The molecular weight excluding hydrogens is 400 g/mol. The predicted molar refractivity (Wildman–Crippen MR) is 129 cm³/mol. The van der Waals surface area contributed by atoms with Gasteiger partial charge in [-0.1, -0.05) is 12.1 Å². The van der Waals surface area contributed by atoms with Gasteiger partial charge < -0.3 is 30.7 Å². The monoisotopic (exact) mass is 430 g/mol. The number of aromatic nitrogens is 1. The number of likely N-dealkylation sites (tertiary alicyclic amines) is 1. The van der Waals surface area contributed by atoms with Gasteiger partial charge in [-0.2, -0.15) is 0 Å². The van der Waals surface area contributed by atoms with E-state index >= 15 is 0 Å². The lowest BCUT2D eigenvalue weighted by atomic mass is 9.97. The van der Waals surface area contributed by atoms with E-state index in [1.165, 1.54) is 16.8 Å². The van der Waals surface area contributed by atoms with Crippen LogP contribution in [0.2, 0.25) is 0 Å². The Balaban J connectivity index is 1.27. The van der Waals surface area contributed by atoms with Crippen molar-refractivity contribution in [3.8, 4) is 0 Å². The number of hydrogen-bond acceptors (Lipinski definition) is 5. The molecule has 0 atom stereocenters. The van der Waals surface area contributed by atoms with E-state index in [4.69, 9.17) is 0 Å². The first-order valence-electron chi connectivity index (χ1n) is 11.8. The van der Waals surface area contributed by atoms with Crippen LogP contribution in [0.15, 0.2) is 30.0 Å². The molecule has 1 amide bonds. The first-order chi connectivity index (χ1) is 15.8. The lowest BCUT2D eigenvalue weighted by molar-refractivity contribution is -0.126. The van der Waals surface area contributed by atoms with E-state index in [1.54, 1.807) is 0 Å². The van der Waals surface area contributed by atoms with E-state index < -0.39 is 0 Å². The number of carbonyl (C=O) groups is 1. The second-order valence-electron chi connectivity index (χ2n) is 9.02. The summed E-state index contributed by atoms with van der Waals surface area (Å²) in [4.78, 5) is 20.8. The maximum Gasteiger partial charge on any atom is 0.269 e. The molecule has 2 aromatic rings. The van der Waals surface area contributed by atoms with E-state index in [0.29, 0.717) is 12.2 Å². The lowest BCUT2D eigenvalue weighted by Crippen LogP contribution is -2.43. The number of piperazine rings is 1. The summed E-state index contributed by atoms with van der Waals surface area (Å²) in [5.74, 6) is 1.17. The second kappa shape index (κ2) is 8.06. The Hall–Kier alpha value is -3.19. The minimum absolute atomic E-state index is 0.125. The summed E-state index contributed by atoms with van der Waals surface area (Å²) in [5.41, 5.74) is 7.92. The van der Waals surface area contributed by atoms with Gasteiger partial charge in [0.1, 0.15) is 11.5 Å². The molecule has 0 radical (unpaired) electrons. The van der Waals surface area contributed by atoms with Crippen molar-refractivity contribution in [2.75, 3.05) is 56.0 Å². The van der Waals surface area contributed by atoms with Gasteiger partial charge in [0, 0.05) is 68.3 Å². The highest BCUT2D eigenvalue weighted by Gasteiger charge is 2.27. The number of nitrogens with zero attached hydrogens (tertiary/aromatic N) is 2. The van der Waals surface area contributed by atoms with Gasteiger partial charge in [0.2, 0.25) is 0 Å². The van der Waals surface area contributed by atoms with E-state index in [1.807, 2.05) is 11.0 Å². The number of nitrogens with one attached hydrogen (secondary N) is 4. The van der Waals surface area contributed by atoms with Crippen molar-refractivity contribution < 1.29 is 4.79 Å². The van der Waals surface area contributed by atoms with Crippen LogP contribution in [0.5, 0.6) is 0 Å². The topological polar surface area (TPSA) is 75.4 Å². The molecule has 32 heavy (non-hydrogen) atoms. The summed E-state index contributed by atoms with van der Waals surface area (Å²) in [7, 11) is 0. The van der Waals surface area contributed by atoms with Crippen molar-refractivity contribution in [3.05, 3.63) is 52.3 Å². The standard InChI is InChI=1S/C25H30N6O/c32-25(31-9-1-2-10-31)22-14-20-21-13-18(15-28-24(21)29-23(20)16-27-22)17-3-5-19(6-4-17)30-11-7-26-8-12-30/h3-6,13-14,26-29H,1-2,7-12,15-16H2. The molecule has 2 fully saturated rings. The number of aromatic amines is 1. The zero-order chi connectivity index (χ0) is 21.5. The molecule has 0 bridgehead atoms. The quantitative estimate of drug-likeness (QED) is 0.602. The first-order valence-corrected chi connectivity index (χ1v) is 11.8. The van der Waals surface area contributed by atoms with Gasteiger partial charge in [0.15, 0.2) is 0 Å². The van der Waals surface area contributed by atoms with Crippen LogP contribution in [-0.4, -0.2) is 61.6 Å². The Kier molecular flexibility index (Phi) is 4.91. The molecule has 0 spiro atoms. The largest absolute Gasteiger partial charge is 0.375 e. The summed E-state index contributed by atoms with van der Waals surface area (Å²) >= 11 is 0. The summed E-state index contributed by atoms with van der Waals surface area (Å²) in [5, 5.41) is 10.3. The Labute approximate surface area is 188 Å². The van der Waals surface area contributed by atoms with Gasteiger partial charge in [0.25, 0.3) is 5.91 Å². The SMILES string of the molecule is O=C(C1=Cc2c([nH]c3c2C=C(c2ccc(N4CCNCC4)cc2)CN3)CN1)N1CCCC1. The molecule has 0 unspecified atom stereocenters. The maximum absolute atomic E-state index is 12.9. The Morgan fingerprint density at radius 1 is 0.844 bits per heavy atom. The molecule has 1 aromatic heterocycles. The van der Waals surface area contributed by atoms with Crippen molar-refractivity contribution in [3.63, 3.8) is 0 Å². The summed E-state index contributed by atoms with van der Waals surface area (Å²) < 4.78 is 0. The van der Waals surface area contributed by atoms with E-state index in [-0.39, 0.29) is 5.91 Å². The molecule has 7 heteroatoms. The van der Waals surface area contributed by atoms with E-state index in [0.717, 1.165) is 81.3 Å². The van der Waals surface area contributed by atoms with E-state index in [2.05, 4.69) is 56.2 Å². The van der Waals surface area contributed by atoms with Crippen molar-refractivity contribution in [2.45, 2.75) is 19.4 Å². The summed E-state index contributed by atoms with van der Waals surface area (Å²) in [6.45, 7) is 7.37. The van der Waals surface area contributed by atoms with Crippen LogP contribution in [0, 0.1) is 0 Å². The van der Waals surface area contributed by atoms with Gasteiger partial charge in [-0.3, -0.25) is 4.79 Å². The highest BCUT2D eigenvalue weighted by Crippen LogP contribution is 2.35. The van der Waals surface area contributed by atoms with E-state index in [9.17, 15) is 4.79 Å². The second-order valence-corrected chi connectivity index (χ2v) is 9.02. The molecule has 4 aliphatic rings. The number of amides is 1. The van der Waals surface area contributed by atoms with Crippen LogP contribution >= 0.6 is 0 Å². The lowest BCUT2D eigenvalue weighted by Gasteiger charge is -2.29. The molecule has 0 aliphatic carbocycles. The van der Waals surface area contributed by atoms with Crippen molar-refractivity contribution in [1.82, 2.24) is 20.5 Å². The van der Waals surface area contributed by atoms with Gasteiger partial charge >= 0.3 is 0 Å². The minimum Gasteiger partial charge on any atom is -0.375 e. The molecule has 0 saturated carbocycles. The number of H-pyrrole nitrogens is 1. The number of benzene rings is 1. The van der Waals surface area contributed by atoms with Crippen molar-refractivity contribution in [2.24, 2.45) is 0 Å². The molecule has 166 valence electrons. The number of rotatable bonds is 3. The molecule has 4 aliphatic heterocycles. The first kappa shape index (κ1) is 19.5. The van der Waals surface area contributed by atoms with Gasteiger partial charge in [-0.15, -0.1) is 0 Å². The molecule has 7 nitrogen and oxygen atoms in total. The smallest absolute Gasteiger partial charge is 0.269 e. The number of fused-ring (bicyclic) bond motifs is 3. The molecular formula is C25H30N6O. The van der Waals surface area contributed by atoms with Gasteiger partial charge in [-0.05, 0) is 48.3 Å². The zero-order valence-corrected chi connectivity index (χ0v) is 18.3. The molecule has 5 heterocycles. The molecule has 2 saturated heterocycles. The molecule has 1 aromatic carbocycles. The average Bonchev–Trinajstić information content (AvgIpc) is 3.52. The van der Waals surface area contributed by atoms with Gasteiger partial charge in [-0.25, -0.2) is 0 Å². The van der Waals surface area contributed by atoms with Crippen LogP contribution in [-0.2, 0) is 11.3 Å². The predicted octanol–water partition coefficient (Wildman–Crippen LogP) is 2.46. The number of carbonyl (C=O) groups excluding carboxylic acids is 1. The maximum atomic E-state index is 12.9. The fourth-order valence-electron chi connectivity index (χ4n) is 5.19. The number of anilines is 2. The van der Waals surface area contributed by atoms with Crippen LogP contribution < -0.4 is 20.9 Å². The van der Waals surface area contributed by atoms with Crippen molar-refractivity contribution in [1.29, 1.82) is 0 Å². The summed E-state index contributed by atoms with van der Waals surface area (Å²) in [6.07, 6.45) is 6.52. The third-order valence-corrected chi connectivity index (χ3v) is 7.02. The normalized spacial score (nSPS) is 20.0. The summed E-state index contributed by atoms with van der Waals surface area (Å²) in [6, 6.07) is 8.93. The fraction of sp³-hybridized carbons (Fsp3) is 0.400. The Morgan fingerprint density at radius 3 is 2.41 bits per heavy atom.